The Kier molecular flexibility index (Phi) is 4.72. The number of carbonyl (C=O) groups excluding carboxylic acids is 1. The standard InChI is InChI=1S/C13H21N3OS/c1-10-11(18-12(15-10)5-6-14)9-13(17)16-7-3-2-4-8-16/h2-9,14H2,1H3. The molecule has 18 heavy (non-hydrogen) atoms. The van der Waals surface area contributed by atoms with Gasteiger partial charge < -0.3 is 10.6 Å². The van der Waals surface area contributed by atoms with Crippen molar-refractivity contribution in [1.82, 2.24) is 9.88 Å². The maximum atomic E-state index is 12.2. The van der Waals surface area contributed by atoms with Gasteiger partial charge in [-0.15, -0.1) is 11.3 Å². The summed E-state index contributed by atoms with van der Waals surface area (Å²) in [7, 11) is 0. The first-order chi connectivity index (χ1) is 8.70. The largest absolute Gasteiger partial charge is 0.342 e. The summed E-state index contributed by atoms with van der Waals surface area (Å²) in [4.78, 5) is 19.7. The van der Waals surface area contributed by atoms with Crippen LogP contribution in [0.1, 0.15) is 34.8 Å². The van der Waals surface area contributed by atoms with Gasteiger partial charge in [-0.3, -0.25) is 4.79 Å². The van der Waals surface area contributed by atoms with Gasteiger partial charge in [0.05, 0.1) is 17.1 Å². The molecule has 1 aromatic heterocycles. The van der Waals surface area contributed by atoms with Gasteiger partial charge in [-0.2, -0.15) is 0 Å². The van der Waals surface area contributed by atoms with Gasteiger partial charge in [-0.25, -0.2) is 4.98 Å². The van der Waals surface area contributed by atoms with E-state index in [0.717, 1.165) is 47.9 Å². The first-order valence-corrected chi connectivity index (χ1v) is 7.45. The van der Waals surface area contributed by atoms with Gasteiger partial charge in [0.2, 0.25) is 5.91 Å². The predicted octanol–water partition coefficient (Wildman–Crippen LogP) is 1.51. The molecule has 0 bridgehead atoms. The highest BCUT2D eigenvalue weighted by Crippen LogP contribution is 2.20. The molecule has 5 heteroatoms. The zero-order chi connectivity index (χ0) is 13.0. The summed E-state index contributed by atoms with van der Waals surface area (Å²) in [6.45, 7) is 4.44. The quantitative estimate of drug-likeness (QED) is 0.899. The van der Waals surface area contributed by atoms with E-state index in [0.29, 0.717) is 13.0 Å². The Balaban J connectivity index is 1.97. The van der Waals surface area contributed by atoms with Crippen molar-refractivity contribution in [2.45, 2.75) is 39.0 Å². The van der Waals surface area contributed by atoms with Gasteiger partial charge in [0.1, 0.15) is 0 Å². The minimum Gasteiger partial charge on any atom is -0.342 e. The number of rotatable bonds is 4. The summed E-state index contributed by atoms with van der Waals surface area (Å²) in [5, 5.41) is 1.05. The van der Waals surface area contributed by atoms with Crippen LogP contribution in [0.4, 0.5) is 0 Å². The third kappa shape index (κ3) is 3.29. The number of aromatic nitrogens is 1. The monoisotopic (exact) mass is 267 g/mol. The number of piperidine rings is 1. The minimum atomic E-state index is 0.251. The lowest BCUT2D eigenvalue weighted by Gasteiger charge is -2.26. The van der Waals surface area contributed by atoms with Crippen molar-refractivity contribution in [1.29, 1.82) is 0 Å². The van der Waals surface area contributed by atoms with Crippen LogP contribution in [-0.2, 0) is 17.6 Å². The van der Waals surface area contributed by atoms with Crippen LogP contribution in [0.15, 0.2) is 0 Å². The fourth-order valence-corrected chi connectivity index (χ4v) is 3.35. The number of hydrogen-bond donors (Lipinski definition) is 1. The smallest absolute Gasteiger partial charge is 0.227 e. The lowest BCUT2D eigenvalue weighted by atomic mass is 10.1. The molecule has 0 radical (unpaired) electrons. The number of amides is 1. The lowest BCUT2D eigenvalue weighted by Crippen LogP contribution is -2.36. The number of likely N-dealkylation sites (tertiary alicyclic amines) is 1. The number of nitrogens with two attached hydrogens (primary N) is 1. The maximum Gasteiger partial charge on any atom is 0.227 e. The summed E-state index contributed by atoms with van der Waals surface area (Å²) < 4.78 is 0. The Morgan fingerprint density at radius 2 is 2.11 bits per heavy atom. The van der Waals surface area contributed by atoms with Gasteiger partial charge >= 0.3 is 0 Å². The topological polar surface area (TPSA) is 59.2 Å². The Labute approximate surface area is 112 Å². The van der Waals surface area contributed by atoms with E-state index in [4.69, 9.17) is 5.73 Å². The molecular formula is C13H21N3OS. The van der Waals surface area contributed by atoms with E-state index < -0.39 is 0 Å². The molecule has 1 aliphatic rings. The second-order valence-corrected chi connectivity index (χ2v) is 5.94. The molecule has 0 unspecified atom stereocenters. The molecule has 0 spiro atoms. The van der Waals surface area contributed by atoms with Crippen molar-refractivity contribution in [3.8, 4) is 0 Å². The van der Waals surface area contributed by atoms with Gasteiger partial charge in [-0.1, -0.05) is 0 Å². The molecule has 1 aliphatic heterocycles. The van der Waals surface area contributed by atoms with E-state index in [2.05, 4.69) is 4.98 Å². The summed E-state index contributed by atoms with van der Waals surface area (Å²) in [5.74, 6) is 0.251. The molecular weight excluding hydrogens is 246 g/mol. The van der Waals surface area contributed by atoms with Crippen LogP contribution < -0.4 is 5.73 Å². The van der Waals surface area contributed by atoms with Gasteiger partial charge in [0.15, 0.2) is 0 Å². The van der Waals surface area contributed by atoms with Crippen molar-refractivity contribution in [3.05, 3.63) is 15.6 Å². The van der Waals surface area contributed by atoms with Crippen LogP contribution in [-0.4, -0.2) is 35.4 Å². The summed E-state index contributed by atoms with van der Waals surface area (Å²) in [5.41, 5.74) is 6.52. The first-order valence-electron chi connectivity index (χ1n) is 6.63. The lowest BCUT2D eigenvalue weighted by molar-refractivity contribution is -0.131. The second kappa shape index (κ2) is 6.29. The highest BCUT2D eigenvalue weighted by atomic mass is 32.1. The molecule has 2 N–H and O–H groups in total. The van der Waals surface area contributed by atoms with Crippen LogP contribution in [0, 0.1) is 6.92 Å². The second-order valence-electron chi connectivity index (χ2n) is 4.77. The van der Waals surface area contributed by atoms with E-state index in [9.17, 15) is 4.79 Å². The van der Waals surface area contributed by atoms with Crippen molar-refractivity contribution in [2.24, 2.45) is 5.73 Å². The van der Waals surface area contributed by atoms with Gasteiger partial charge in [-0.05, 0) is 32.7 Å². The summed E-state index contributed by atoms with van der Waals surface area (Å²) in [6, 6.07) is 0. The number of hydrogen-bond acceptors (Lipinski definition) is 4. The first kappa shape index (κ1) is 13.5. The summed E-state index contributed by atoms with van der Waals surface area (Å²) in [6.07, 6.45) is 4.86. The van der Waals surface area contributed by atoms with Crippen molar-refractivity contribution >= 4 is 17.2 Å². The molecule has 1 saturated heterocycles. The normalized spacial score (nSPS) is 16.0. The fourth-order valence-electron chi connectivity index (χ4n) is 2.28. The van der Waals surface area contributed by atoms with Crippen molar-refractivity contribution in [3.63, 3.8) is 0 Å². The third-order valence-corrected chi connectivity index (χ3v) is 4.53. The number of carbonyl (C=O) groups is 1. The fraction of sp³-hybridized carbons (Fsp3) is 0.692. The van der Waals surface area contributed by atoms with Gasteiger partial charge in [0, 0.05) is 24.4 Å². The molecule has 2 heterocycles. The van der Waals surface area contributed by atoms with Crippen LogP contribution in [0.3, 0.4) is 0 Å². The van der Waals surface area contributed by atoms with Crippen molar-refractivity contribution < 1.29 is 4.79 Å². The maximum absolute atomic E-state index is 12.2. The molecule has 1 fully saturated rings. The molecule has 0 atom stereocenters. The van der Waals surface area contributed by atoms with Gasteiger partial charge in [0.25, 0.3) is 0 Å². The van der Waals surface area contributed by atoms with Crippen LogP contribution in [0.25, 0.3) is 0 Å². The number of aryl methyl sites for hydroxylation is 1. The van der Waals surface area contributed by atoms with Crippen LogP contribution in [0.5, 0.6) is 0 Å². The minimum absolute atomic E-state index is 0.251. The zero-order valence-electron chi connectivity index (χ0n) is 10.9. The molecule has 0 saturated carbocycles. The van der Waals surface area contributed by atoms with Crippen molar-refractivity contribution in [2.75, 3.05) is 19.6 Å². The Morgan fingerprint density at radius 3 is 2.78 bits per heavy atom. The molecule has 2 rings (SSSR count). The van der Waals surface area contributed by atoms with E-state index in [-0.39, 0.29) is 5.91 Å². The molecule has 100 valence electrons. The molecule has 0 aliphatic carbocycles. The SMILES string of the molecule is Cc1nc(CCN)sc1CC(=O)N1CCCCC1. The van der Waals surface area contributed by atoms with E-state index >= 15 is 0 Å². The number of thiazole rings is 1. The zero-order valence-corrected chi connectivity index (χ0v) is 11.8. The number of nitrogens with zero attached hydrogens (tertiary/aromatic N) is 2. The predicted molar refractivity (Wildman–Crippen MR) is 73.7 cm³/mol. The average molecular weight is 267 g/mol. The highest BCUT2D eigenvalue weighted by Gasteiger charge is 2.19. The average Bonchev–Trinajstić information content (AvgIpc) is 2.71. The summed E-state index contributed by atoms with van der Waals surface area (Å²) >= 11 is 1.64. The molecule has 0 aromatic carbocycles. The highest BCUT2D eigenvalue weighted by molar-refractivity contribution is 7.11. The van der Waals surface area contributed by atoms with Crippen LogP contribution >= 0.6 is 11.3 Å². The third-order valence-electron chi connectivity index (χ3n) is 3.32. The molecule has 1 aromatic rings. The van der Waals surface area contributed by atoms with E-state index in [1.807, 2.05) is 11.8 Å². The molecule has 4 nitrogen and oxygen atoms in total. The van der Waals surface area contributed by atoms with Crippen LogP contribution in [0.2, 0.25) is 0 Å². The Hall–Kier alpha value is -0.940. The van der Waals surface area contributed by atoms with E-state index in [1.54, 1.807) is 11.3 Å². The Morgan fingerprint density at radius 1 is 1.39 bits per heavy atom. The molecule has 1 amide bonds. The van der Waals surface area contributed by atoms with E-state index in [1.165, 1.54) is 6.42 Å². The Bertz CT molecular complexity index is 410.